The standard InChI is InChI=1S/C20H24N4O/c1-13-8-18(24-11-14(2)25-15(3)12-24)6-7-19(13)22-17-5-4-16-10-21-23-20(16)9-17/h4-10,14-15,22H,11-12H2,1-3H3,(H,21,23)/t14-,15+. The number of hydrogen-bond donors (Lipinski definition) is 2. The van der Waals surface area contributed by atoms with Gasteiger partial charge in [0.2, 0.25) is 0 Å². The van der Waals surface area contributed by atoms with Gasteiger partial charge in [0.15, 0.2) is 0 Å². The summed E-state index contributed by atoms with van der Waals surface area (Å²) in [6.45, 7) is 8.29. The lowest BCUT2D eigenvalue weighted by Crippen LogP contribution is -2.45. The van der Waals surface area contributed by atoms with Crippen molar-refractivity contribution in [1.29, 1.82) is 0 Å². The van der Waals surface area contributed by atoms with Crippen LogP contribution >= 0.6 is 0 Å². The zero-order valence-corrected chi connectivity index (χ0v) is 14.9. The minimum Gasteiger partial charge on any atom is -0.372 e. The van der Waals surface area contributed by atoms with E-state index in [1.165, 1.54) is 11.3 Å². The van der Waals surface area contributed by atoms with Crippen LogP contribution in [0.3, 0.4) is 0 Å². The molecule has 2 N–H and O–H groups in total. The average molecular weight is 336 g/mol. The zero-order chi connectivity index (χ0) is 17.4. The maximum Gasteiger partial charge on any atom is 0.0726 e. The first-order valence-electron chi connectivity index (χ1n) is 8.80. The molecule has 0 amide bonds. The molecule has 1 aliphatic rings. The van der Waals surface area contributed by atoms with Crippen LogP contribution in [0, 0.1) is 6.92 Å². The Hall–Kier alpha value is -2.53. The van der Waals surface area contributed by atoms with Gasteiger partial charge in [-0.3, -0.25) is 5.10 Å². The van der Waals surface area contributed by atoms with Gasteiger partial charge in [-0.15, -0.1) is 0 Å². The quantitative estimate of drug-likeness (QED) is 0.751. The fourth-order valence-electron chi connectivity index (χ4n) is 3.54. The summed E-state index contributed by atoms with van der Waals surface area (Å²) in [6.07, 6.45) is 2.37. The van der Waals surface area contributed by atoms with Gasteiger partial charge >= 0.3 is 0 Å². The number of H-pyrrole nitrogens is 1. The van der Waals surface area contributed by atoms with Crippen LogP contribution in [0.25, 0.3) is 10.9 Å². The third kappa shape index (κ3) is 3.33. The number of ether oxygens (including phenoxy) is 1. The highest BCUT2D eigenvalue weighted by Crippen LogP contribution is 2.28. The summed E-state index contributed by atoms with van der Waals surface area (Å²) < 4.78 is 5.84. The Kier molecular flexibility index (Phi) is 4.09. The summed E-state index contributed by atoms with van der Waals surface area (Å²) in [5, 5.41) is 11.7. The Balaban J connectivity index is 1.55. The van der Waals surface area contributed by atoms with Crippen molar-refractivity contribution >= 4 is 28.0 Å². The SMILES string of the molecule is Cc1cc(N2C[C@@H](C)O[C@@H](C)C2)ccc1Nc1ccc2cn[nH]c2c1. The maximum atomic E-state index is 5.84. The third-order valence-corrected chi connectivity index (χ3v) is 4.72. The summed E-state index contributed by atoms with van der Waals surface area (Å²) in [7, 11) is 0. The van der Waals surface area contributed by atoms with Gasteiger partial charge in [0.25, 0.3) is 0 Å². The van der Waals surface area contributed by atoms with E-state index in [1.54, 1.807) is 0 Å². The smallest absolute Gasteiger partial charge is 0.0726 e. The van der Waals surface area contributed by atoms with E-state index >= 15 is 0 Å². The molecule has 1 aromatic heterocycles. The molecule has 5 heteroatoms. The Morgan fingerprint density at radius 2 is 1.92 bits per heavy atom. The van der Waals surface area contributed by atoms with Crippen molar-refractivity contribution in [3.05, 3.63) is 48.2 Å². The Labute approximate surface area is 148 Å². The number of aryl methyl sites for hydroxylation is 1. The van der Waals surface area contributed by atoms with E-state index in [2.05, 4.69) is 77.6 Å². The minimum atomic E-state index is 0.267. The highest BCUT2D eigenvalue weighted by Gasteiger charge is 2.22. The monoisotopic (exact) mass is 336 g/mol. The zero-order valence-electron chi connectivity index (χ0n) is 14.9. The molecule has 1 fully saturated rings. The fourth-order valence-corrected chi connectivity index (χ4v) is 3.54. The van der Waals surface area contributed by atoms with Gasteiger partial charge in [0.1, 0.15) is 0 Å². The largest absolute Gasteiger partial charge is 0.372 e. The van der Waals surface area contributed by atoms with Crippen LogP contribution in [-0.2, 0) is 4.74 Å². The maximum absolute atomic E-state index is 5.84. The van der Waals surface area contributed by atoms with Gasteiger partial charge in [0, 0.05) is 35.5 Å². The van der Waals surface area contributed by atoms with Gasteiger partial charge in [-0.25, -0.2) is 0 Å². The summed E-state index contributed by atoms with van der Waals surface area (Å²) in [4.78, 5) is 2.41. The molecule has 0 aliphatic carbocycles. The van der Waals surface area contributed by atoms with E-state index in [1.807, 2.05) is 6.20 Å². The number of morpholine rings is 1. The van der Waals surface area contributed by atoms with Gasteiger partial charge in [-0.05, 0) is 62.7 Å². The summed E-state index contributed by atoms with van der Waals surface area (Å²) in [5.41, 5.74) is 5.71. The molecule has 0 saturated carbocycles. The van der Waals surface area contributed by atoms with Crippen LogP contribution in [0.15, 0.2) is 42.6 Å². The number of fused-ring (bicyclic) bond motifs is 1. The van der Waals surface area contributed by atoms with Gasteiger partial charge in [-0.1, -0.05) is 0 Å². The van der Waals surface area contributed by atoms with Crippen molar-refractivity contribution < 1.29 is 4.74 Å². The lowest BCUT2D eigenvalue weighted by Gasteiger charge is -2.37. The van der Waals surface area contributed by atoms with Crippen molar-refractivity contribution in [2.45, 2.75) is 33.0 Å². The number of nitrogens with one attached hydrogen (secondary N) is 2. The number of nitrogens with zero attached hydrogens (tertiary/aromatic N) is 2. The number of hydrogen-bond acceptors (Lipinski definition) is 4. The summed E-state index contributed by atoms with van der Waals surface area (Å²) in [5.74, 6) is 0. The lowest BCUT2D eigenvalue weighted by atomic mass is 10.1. The predicted octanol–water partition coefficient (Wildman–Crippen LogP) is 4.23. The summed E-state index contributed by atoms with van der Waals surface area (Å²) >= 11 is 0. The van der Waals surface area contributed by atoms with E-state index in [0.717, 1.165) is 35.4 Å². The highest BCUT2D eigenvalue weighted by molar-refractivity contribution is 5.83. The third-order valence-electron chi connectivity index (χ3n) is 4.72. The first-order chi connectivity index (χ1) is 12.1. The molecule has 2 heterocycles. The van der Waals surface area contributed by atoms with Crippen LogP contribution < -0.4 is 10.2 Å². The molecule has 0 bridgehead atoms. The molecule has 5 nitrogen and oxygen atoms in total. The molecule has 0 radical (unpaired) electrons. The molecule has 2 aromatic carbocycles. The van der Waals surface area contributed by atoms with Gasteiger partial charge in [0.05, 0.1) is 23.9 Å². The molecule has 3 aromatic rings. The van der Waals surface area contributed by atoms with Gasteiger partial charge < -0.3 is 15.0 Å². The van der Waals surface area contributed by atoms with Gasteiger partial charge in [-0.2, -0.15) is 5.10 Å². The molecular weight excluding hydrogens is 312 g/mol. The van der Waals surface area contributed by atoms with Crippen LogP contribution in [0.1, 0.15) is 19.4 Å². The Bertz CT molecular complexity index is 878. The van der Waals surface area contributed by atoms with Crippen LogP contribution in [0.4, 0.5) is 17.1 Å². The molecule has 130 valence electrons. The van der Waals surface area contributed by atoms with Crippen molar-refractivity contribution in [2.75, 3.05) is 23.3 Å². The number of anilines is 3. The van der Waals surface area contributed by atoms with E-state index < -0.39 is 0 Å². The molecule has 0 unspecified atom stereocenters. The van der Waals surface area contributed by atoms with Crippen molar-refractivity contribution in [3.63, 3.8) is 0 Å². The number of aromatic amines is 1. The number of aromatic nitrogens is 2. The van der Waals surface area contributed by atoms with E-state index in [4.69, 9.17) is 4.74 Å². The second kappa shape index (κ2) is 6.41. The van der Waals surface area contributed by atoms with Crippen molar-refractivity contribution in [1.82, 2.24) is 10.2 Å². The highest BCUT2D eigenvalue weighted by atomic mass is 16.5. The predicted molar refractivity (Wildman–Crippen MR) is 103 cm³/mol. The first-order valence-corrected chi connectivity index (χ1v) is 8.80. The molecule has 1 aliphatic heterocycles. The Morgan fingerprint density at radius 3 is 2.68 bits per heavy atom. The van der Waals surface area contributed by atoms with E-state index in [9.17, 15) is 0 Å². The molecule has 4 rings (SSSR count). The topological polar surface area (TPSA) is 53.2 Å². The first kappa shape index (κ1) is 16.0. The average Bonchev–Trinajstić information content (AvgIpc) is 3.03. The molecule has 2 atom stereocenters. The van der Waals surface area contributed by atoms with E-state index in [-0.39, 0.29) is 12.2 Å². The normalized spacial score (nSPS) is 20.8. The summed E-state index contributed by atoms with van der Waals surface area (Å²) in [6, 6.07) is 12.8. The molecule has 0 spiro atoms. The number of rotatable bonds is 3. The molecular formula is C20H24N4O. The van der Waals surface area contributed by atoms with E-state index in [0.29, 0.717) is 0 Å². The van der Waals surface area contributed by atoms with Crippen LogP contribution in [0.2, 0.25) is 0 Å². The lowest BCUT2D eigenvalue weighted by molar-refractivity contribution is -0.00521. The van der Waals surface area contributed by atoms with Crippen LogP contribution in [-0.4, -0.2) is 35.5 Å². The van der Waals surface area contributed by atoms with Crippen LogP contribution in [0.5, 0.6) is 0 Å². The minimum absolute atomic E-state index is 0.267. The molecule has 1 saturated heterocycles. The Morgan fingerprint density at radius 1 is 1.12 bits per heavy atom. The molecule has 25 heavy (non-hydrogen) atoms. The van der Waals surface area contributed by atoms with Crippen molar-refractivity contribution in [2.24, 2.45) is 0 Å². The number of benzene rings is 2. The van der Waals surface area contributed by atoms with Crippen molar-refractivity contribution in [3.8, 4) is 0 Å². The second-order valence-electron chi connectivity index (χ2n) is 6.96. The fraction of sp³-hybridized carbons (Fsp3) is 0.350. The second-order valence-corrected chi connectivity index (χ2v) is 6.96.